The van der Waals surface area contributed by atoms with E-state index in [1.165, 1.54) is 18.3 Å². The molecule has 0 bridgehead atoms. The molecule has 0 amide bonds. The van der Waals surface area contributed by atoms with E-state index in [9.17, 15) is 8.42 Å². The summed E-state index contributed by atoms with van der Waals surface area (Å²) in [7, 11) is -3.77. The Morgan fingerprint density at radius 2 is 2.37 bits per heavy atom. The molecule has 0 aromatic carbocycles. The van der Waals surface area contributed by atoms with Gasteiger partial charge in [-0.25, -0.2) is 18.1 Å². The minimum absolute atomic E-state index is 0.0993. The Morgan fingerprint density at radius 1 is 1.53 bits per heavy atom. The van der Waals surface area contributed by atoms with Crippen molar-refractivity contribution in [1.82, 2.24) is 9.71 Å². The van der Waals surface area contributed by atoms with Gasteiger partial charge in [-0.05, 0) is 12.1 Å². The predicted molar refractivity (Wildman–Crippen MR) is 64.7 cm³/mol. The first-order chi connectivity index (χ1) is 9.13. The van der Waals surface area contributed by atoms with Gasteiger partial charge in [-0.15, -0.1) is 0 Å². The molecule has 2 heterocycles. The van der Waals surface area contributed by atoms with E-state index in [4.69, 9.17) is 14.7 Å². The molecule has 1 aliphatic rings. The second kappa shape index (κ2) is 6.08. The van der Waals surface area contributed by atoms with Gasteiger partial charge in [-0.1, -0.05) is 0 Å². The van der Waals surface area contributed by atoms with Crippen LogP contribution in [0.3, 0.4) is 0 Å². The van der Waals surface area contributed by atoms with Gasteiger partial charge in [0.15, 0.2) is 5.69 Å². The van der Waals surface area contributed by atoms with Crippen molar-refractivity contribution in [1.29, 1.82) is 5.26 Å². The van der Waals surface area contributed by atoms with Crippen LogP contribution in [0, 0.1) is 11.3 Å². The van der Waals surface area contributed by atoms with E-state index in [2.05, 4.69) is 9.71 Å². The lowest BCUT2D eigenvalue weighted by Crippen LogP contribution is -2.39. The molecular weight excluding hydrogens is 270 g/mol. The van der Waals surface area contributed by atoms with Crippen LogP contribution in [0.15, 0.2) is 23.2 Å². The van der Waals surface area contributed by atoms with Crippen molar-refractivity contribution in [2.75, 3.05) is 26.4 Å². The maximum Gasteiger partial charge on any atom is 0.243 e. The standard InChI is InChI=1S/C11H13N3O4S/c12-6-10-11(2-1-3-13-10)19(15,16)14-7-9-8-17-4-5-18-9/h1-3,9,14H,4-5,7-8H2. The molecule has 8 heteroatoms. The fourth-order valence-electron chi connectivity index (χ4n) is 1.63. The lowest BCUT2D eigenvalue weighted by atomic mass is 10.3. The Balaban J connectivity index is 2.07. The average Bonchev–Trinajstić information content (AvgIpc) is 2.46. The maximum atomic E-state index is 12.1. The van der Waals surface area contributed by atoms with E-state index < -0.39 is 10.0 Å². The second-order valence-electron chi connectivity index (χ2n) is 3.88. The van der Waals surface area contributed by atoms with Crippen molar-refractivity contribution in [2.24, 2.45) is 0 Å². The summed E-state index contributed by atoms with van der Waals surface area (Å²) >= 11 is 0. The zero-order chi connectivity index (χ0) is 13.7. The fraction of sp³-hybridized carbons (Fsp3) is 0.455. The van der Waals surface area contributed by atoms with Crippen LogP contribution in [0.4, 0.5) is 0 Å². The van der Waals surface area contributed by atoms with E-state index in [1.807, 2.05) is 0 Å². The highest BCUT2D eigenvalue weighted by Gasteiger charge is 2.22. The highest BCUT2D eigenvalue weighted by molar-refractivity contribution is 7.89. The van der Waals surface area contributed by atoms with Gasteiger partial charge in [-0.2, -0.15) is 5.26 Å². The SMILES string of the molecule is N#Cc1ncccc1S(=O)(=O)NCC1COCCO1. The molecule has 1 N–H and O–H groups in total. The van der Waals surface area contributed by atoms with Crippen molar-refractivity contribution >= 4 is 10.0 Å². The Labute approximate surface area is 111 Å². The molecule has 0 radical (unpaired) electrons. The smallest absolute Gasteiger partial charge is 0.243 e. The zero-order valence-electron chi connectivity index (χ0n) is 10.1. The lowest BCUT2D eigenvalue weighted by molar-refractivity contribution is -0.0846. The molecule has 1 aromatic rings. The van der Waals surface area contributed by atoms with E-state index >= 15 is 0 Å². The van der Waals surface area contributed by atoms with Gasteiger partial charge in [0.2, 0.25) is 10.0 Å². The number of hydrogen-bond acceptors (Lipinski definition) is 6. The number of pyridine rings is 1. The van der Waals surface area contributed by atoms with Crippen LogP contribution >= 0.6 is 0 Å². The molecular formula is C11H13N3O4S. The summed E-state index contributed by atoms with van der Waals surface area (Å²) in [5.74, 6) is 0. The van der Waals surface area contributed by atoms with Crippen molar-refractivity contribution in [3.05, 3.63) is 24.0 Å². The van der Waals surface area contributed by atoms with Gasteiger partial charge in [0.1, 0.15) is 11.0 Å². The third kappa shape index (κ3) is 3.48. The summed E-state index contributed by atoms with van der Waals surface area (Å²) < 4.78 is 37.0. The summed E-state index contributed by atoms with van der Waals surface area (Å²) in [5, 5.41) is 8.85. The normalized spacial score (nSPS) is 19.8. The van der Waals surface area contributed by atoms with E-state index in [0.717, 1.165) is 0 Å². The molecule has 102 valence electrons. The molecule has 1 atom stereocenters. The van der Waals surface area contributed by atoms with Crippen LogP contribution in [-0.4, -0.2) is 45.9 Å². The summed E-state index contributed by atoms with van der Waals surface area (Å²) in [5.41, 5.74) is -0.129. The first-order valence-electron chi connectivity index (χ1n) is 5.67. The van der Waals surface area contributed by atoms with Gasteiger partial charge in [0.25, 0.3) is 0 Å². The molecule has 1 aromatic heterocycles. The summed E-state index contributed by atoms with van der Waals surface area (Å²) in [6.45, 7) is 1.41. The Hall–Kier alpha value is -1.53. The number of hydrogen-bond donors (Lipinski definition) is 1. The molecule has 0 aliphatic carbocycles. The Morgan fingerprint density at radius 3 is 3.05 bits per heavy atom. The summed E-state index contributed by atoms with van der Waals surface area (Å²) in [4.78, 5) is 3.59. The molecule has 19 heavy (non-hydrogen) atoms. The third-order valence-electron chi connectivity index (χ3n) is 2.55. The first-order valence-corrected chi connectivity index (χ1v) is 7.16. The number of nitriles is 1. The van der Waals surface area contributed by atoms with E-state index in [0.29, 0.717) is 19.8 Å². The molecule has 1 unspecified atom stereocenters. The number of ether oxygens (including phenoxy) is 2. The fourth-order valence-corrected chi connectivity index (χ4v) is 2.80. The number of nitrogens with zero attached hydrogens (tertiary/aromatic N) is 2. The molecule has 1 aliphatic heterocycles. The molecule has 2 rings (SSSR count). The highest BCUT2D eigenvalue weighted by atomic mass is 32.2. The maximum absolute atomic E-state index is 12.1. The second-order valence-corrected chi connectivity index (χ2v) is 5.62. The van der Waals surface area contributed by atoms with Crippen LogP contribution < -0.4 is 4.72 Å². The van der Waals surface area contributed by atoms with Crippen molar-refractivity contribution in [3.63, 3.8) is 0 Å². The van der Waals surface area contributed by atoms with Crippen molar-refractivity contribution in [2.45, 2.75) is 11.0 Å². The number of sulfonamides is 1. The summed E-state index contributed by atoms with van der Waals surface area (Å²) in [6.07, 6.45) is 1.06. The van der Waals surface area contributed by atoms with Gasteiger partial charge >= 0.3 is 0 Å². The van der Waals surface area contributed by atoms with Gasteiger partial charge < -0.3 is 9.47 Å². The van der Waals surface area contributed by atoms with Gasteiger partial charge in [-0.3, -0.25) is 0 Å². The first kappa shape index (κ1) is 13.9. The monoisotopic (exact) mass is 283 g/mol. The molecule has 0 saturated carbocycles. The number of rotatable bonds is 4. The number of aromatic nitrogens is 1. The van der Waals surface area contributed by atoms with E-state index in [-0.39, 0.29) is 23.2 Å². The van der Waals surface area contributed by atoms with Crippen molar-refractivity contribution in [3.8, 4) is 6.07 Å². The van der Waals surface area contributed by atoms with Crippen LogP contribution in [0.2, 0.25) is 0 Å². The highest BCUT2D eigenvalue weighted by Crippen LogP contribution is 2.12. The van der Waals surface area contributed by atoms with Crippen LogP contribution in [0.1, 0.15) is 5.69 Å². The van der Waals surface area contributed by atoms with Crippen LogP contribution in [0.25, 0.3) is 0 Å². The topological polar surface area (TPSA) is 101 Å². The zero-order valence-corrected chi connectivity index (χ0v) is 10.9. The molecule has 7 nitrogen and oxygen atoms in total. The van der Waals surface area contributed by atoms with Crippen LogP contribution in [0.5, 0.6) is 0 Å². The molecule has 0 spiro atoms. The van der Waals surface area contributed by atoms with Gasteiger partial charge in [0.05, 0.1) is 25.9 Å². The lowest BCUT2D eigenvalue weighted by Gasteiger charge is -2.23. The van der Waals surface area contributed by atoms with E-state index in [1.54, 1.807) is 6.07 Å². The predicted octanol–water partition coefficient (Wildman–Crippen LogP) is -0.353. The molecule has 1 saturated heterocycles. The quantitative estimate of drug-likeness (QED) is 0.810. The summed E-state index contributed by atoms with van der Waals surface area (Å²) in [6, 6.07) is 4.56. The minimum Gasteiger partial charge on any atom is -0.376 e. The van der Waals surface area contributed by atoms with Gasteiger partial charge in [0, 0.05) is 12.7 Å². The average molecular weight is 283 g/mol. The molecule has 1 fully saturated rings. The van der Waals surface area contributed by atoms with Crippen LogP contribution in [-0.2, 0) is 19.5 Å². The Kier molecular flexibility index (Phi) is 4.44. The number of nitrogens with one attached hydrogen (secondary N) is 1. The minimum atomic E-state index is -3.77. The largest absolute Gasteiger partial charge is 0.376 e. The van der Waals surface area contributed by atoms with Crippen molar-refractivity contribution < 1.29 is 17.9 Å². The third-order valence-corrected chi connectivity index (χ3v) is 4.01. The Bertz CT molecular complexity index is 576.